The van der Waals surface area contributed by atoms with Gasteiger partial charge in [0.25, 0.3) is 0 Å². The highest BCUT2D eigenvalue weighted by Crippen LogP contribution is 2.47. The van der Waals surface area contributed by atoms with E-state index in [2.05, 4.69) is 144 Å². The predicted octanol–water partition coefficient (Wildman–Crippen LogP) is 5.27. The van der Waals surface area contributed by atoms with Crippen LogP contribution in [0.3, 0.4) is 0 Å². The molecule has 11 nitrogen and oxygen atoms in total. The first kappa shape index (κ1) is 43.3. The largest absolute Gasteiger partial charge is 0.388 e. The van der Waals surface area contributed by atoms with Crippen molar-refractivity contribution in [3.63, 3.8) is 0 Å². The van der Waals surface area contributed by atoms with E-state index in [4.69, 9.17) is 0 Å². The summed E-state index contributed by atoms with van der Waals surface area (Å²) in [4.78, 5) is 61.1. The topological polar surface area (TPSA) is 149 Å². The molecule has 0 atom stereocenters. The van der Waals surface area contributed by atoms with E-state index in [0.717, 1.165) is 43.3 Å². The molecule has 0 aliphatic carbocycles. The summed E-state index contributed by atoms with van der Waals surface area (Å²) in [6.45, 7) is 10.7. The van der Waals surface area contributed by atoms with Crippen molar-refractivity contribution in [2.24, 2.45) is 0 Å². The zero-order valence-corrected chi connectivity index (χ0v) is 33.2. The first-order chi connectivity index (χ1) is 25.8. The van der Waals surface area contributed by atoms with Gasteiger partial charge >= 0.3 is 0 Å². The van der Waals surface area contributed by atoms with E-state index < -0.39 is 17.7 Å². The Bertz CT molecular complexity index is 1750. The molecule has 1 heterocycles. The number of carbonyl (C=O) groups is 5. The van der Waals surface area contributed by atoms with Crippen LogP contribution in [0.25, 0.3) is 0 Å². The normalized spacial score (nSPS) is 14.4. The second kappa shape index (κ2) is 21.6. The average molecular weight is 757 g/mol. The number of nitrogens with one attached hydrogen (secondary N) is 5. The number of rotatable bonds is 20. The Morgan fingerprint density at radius 3 is 2.04 bits per heavy atom. The summed E-state index contributed by atoms with van der Waals surface area (Å²) in [5.74, 6) is -1.95. The minimum atomic E-state index is -0.559. The van der Waals surface area contributed by atoms with Crippen molar-refractivity contribution < 1.29 is 24.0 Å². The number of hydrogen-bond donors (Lipinski definition) is 5. The van der Waals surface area contributed by atoms with Gasteiger partial charge in [0.1, 0.15) is 0 Å². The summed E-state index contributed by atoms with van der Waals surface area (Å²) < 4.78 is 0. The average Bonchev–Trinajstić information content (AvgIpc) is 3.36. The van der Waals surface area contributed by atoms with Gasteiger partial charge in [0.2, 0.25) is 23.6 Å². The summed E-state index contributed by atoms with van der Waals surface area (Å²) in [6.07, 6.45) is 17.3. The SMILES string of the molecule is CNc1ccccc1C(C)(C)C/C=C/C=C/C=C/C=C1/N(CCCCNC(=O)CNC(=O)CNC(=O)CNC(=O)CSC(C)=O)c2ccccc2C1(C)C. The highest BCUT2D eigenvalue weighted by Gasteiger charge is 2.39. The Kier molecular flexibility index (Phi) is 17.3. The van der Waals surface area contributed by atoms with Crippen LogP contribution in [-0.2, 0) is 34.8 Å². The van der Waals surface area contributed by atoms with Gasteiger partial charge in [0.05, 0.1) is 25.4 Å². The third-order valence-corrected chi connectivity index (χ3v) is 9.88. The van der Waals surface area contributed by atoms with Crippen molar-refractivity contribution in [2.75, 3.05) is 55.7 Å². The lowest BCUT2D eigenvalue weighted by atomic mass is 9.80. The van der Waals surface area contributed by atoms with Crippen LogP contribution in [0, 0.1) is 0 Å². The molecular weight excluding hydrogens is 701 g/mol. The number of benzene rings is 2. The van der Waals surface area contributed by atoms with Crippen LogP contribution < -0.4 is 31.5 Å². The van der Waals surface area contributed by atoms with Crippen molar-refractivity contribution in [1.29, 1.82) is 0 Å². The summed E-state index contributed by atoms with van der Waals surface area (Å²) in [5.41, 5.74) is 5.97. The molecule has 4 amide bonds. The van der Waals surface area contributed by atoms with Gasteiger partial charge in [-0.1, -0.05) is 112 Å². The lowest BCUT2D eigenvalue weighted by Gasteiger charge is -2.27. The molecule has 3 rings (SSSR count). The van der Waals surface area contributed by atoms with Gasteiger partial charge in [-0.2, -0.15) is 0 Å². The van der Waals surface area contributed by atoms with Crippen molar-refractivity contribution >= 4 is 51.9 Å². The number of nitrogens with zero attached hydrogens (tertiary/aromatic N) is 1. The van der Waals surface area contributed by atoms with E-state index in [9.17, 15) is 24.0 Å². The number of unbranched alkanes of at least 4 members (excludes halogenated alkanes) is 1. The number of carbonyl (C=O) groups excluding carboxylic acids is 5. The van der Waals surface area contributed by atoms with E-state index in [1.54, 1.807) is 0 Å². The highest BCUT2D eigenvalue weighted by atomic mass is 32.2. The molecule has 1 aliphatic rings. The quantitative estimate of drug-likeness (QED) is 0.0907. The number of thioether (sulfide) groups is 1. The fraction of sp³-hybridized carbons (Fsp3) is 0.405. The molecule has 0 unspecified atom stereocenters. The lowest BCUT2D eigenvalue weighted by molar-refractivity contribution is -0.128. The van der Waals surface area contributed by atoms with Crippen molar-refractivity contribution in [3.05, 3.63) is 108 Å². The number of allylic oxidation sites excluding steroid dienone is 8. The fourth-order valence-electron chi connectivity index (χ4n) is 6.13. The highest BCUT2D eigenvalue weighted by molar-refractivity contribution is 8.14. The van der Waals surface area contributed by atoms with Gasteiger partial charge in [-0.05, 0) is 54.0 Å². The molecule has 5 N–H and O–H groups in total. The van der Waals surface area contributed by atoms with Gasteiger partial charge < -0.3 is 31.5 Å². The van der Waals surface area contributed by atoms with Crippen LogP contribution in [0.15, 0.2) is 96.8 Å². The Labute approximate surface area is 324 Å². The maximum Gasteiger partial charge on any atom is 0.239 e. The molecule has 12 heteroatoms. The van der Waals surface area contributed by atoms with Crippen LogP contribution in [0.1, 0.15) is 65.0 Å². The first-order valence-corrected chi connectivity index (χ1v) is 19.3. The first-order valence-electron chi connectivity index (χ1n) is 18.3. The molecule has 0 saturated heterocycles. The molecule has 2 aromatic carbocycles. The van der Waals surface area contributed by atoms with Crippen LogP contribution >= 0.6 is 11.8 Å². The van der Waals surface area contributed by atoms with Crippen LogP contribution in [0.2, 0.25) is 0 Å². The van der Waals surface area contributed by atoms with Crippen LogP contribution in [-0.4, -0.2) is 74.3 Å². The van der Waals surface area contributed by atoms with Crippen molar-refractivity contribution in [3.8, 4) is 0 Å². The molecular formula is C42H56N6O5S. The number of amides is 4. The van der Waals surface area contributed by atoms with Crippen LogP contribution in [0.5, 0.6) is 0 Å². The molecule has 0 fully saturated rings. The molecule has 54 heavy (non-hydrogen) atoms. The third kappa shape index (κ3) is 13.7. The molecule has 1 aliphatic heterocycles. The maximum atomic E-state index is 12.3. The van der Waals surface area contributed by atoms with E-state index in [1.807, 2.05) is 13.1 Å². The Morgan fingerprint density at radius 2 is 1.35 bits per heavy atom. The smallest absolute Gasteiger partial charge is 0.239 e. The molecule has 0 spiro atoms. The van der Waals surface area contributed by atoms with Gasteiger partial charge in [-0.15, -0.1) is 0 Å². The van der Waals surface area contributed by atoms with Gasteiger partial charge in [0.15, 0.2) is 5.12 Å². The summed E-state index contributed by atoms with van der Waals surface area (Å²) in [6, 6.07) is 16.9. The zero-order valence-electron chi connectivity index (χ0n) is 32.4. The van der Waals surface area contributed by atoms with E-state index in [-0.39, 0.29) is 47.2 Å². The zero-order chi connectivity index (χ0) is 39.6. The summed E-state index contributed by atoms with van der Waals surface area (Å²) >= 11 is 0.840. The summed E-state index contributed by atoms with van der Waals surface area (Å²) in [5, 5.41) is 13.2. The van der Waals surface area contributed by atoms with Gasteiger partial charge in [0, 0.05) is 49.5 Å². The number of fused-ring (bicyclic) bond motifs is 1. The monoisotopic (exact) mass is 756 g/mol. The predicted molar refractivity (Wildman–Crippen MR) is 220 cm³/mol. The van der Waals surface area contributed by atoms with Crippen molar-refractivity contribution in [2.45, 2.75) is 64.7 Å². The van der Waals surface area contributed by atoms with Crippen molar-refractivity contribution in [1.82, 2.24) is 21.3 Å². The molecule has 0 saturated carbocycles. The Hall–Kier alpha value is -5.10. The number of para-hydroxylation sites is 2. The second-order valence-corrected chi connectivity index (χ2v) is 15.2. The van der Waals surface area contributed by atoms with E-state index >= 15 is 0 Å². The lowest BCUT2D eigenvalue weighted by Crippen LogP contribution is -2.44. The fourth-order valence-corrected chi connectivity index (χ4v) is 6.56. The van der Waals surface area contributed by atoms with Gasteiger partial charge in [-0.25, -0.2) is 0 Å². The molecule has 0 aromatic heterocycles. The Balaban J connectivity index is 1.43. The second-order valence-electron chi connectivity index (χ2n) is 14.1. The maximum absolute atomic E-state index is 12.3. The standard InChI is InChI=1S/C42H56N6O5S/c1-31(49)54-30-40(53)47-29-39(52)46-28-38(51)45-27-37(50)44-25-17-18-26-48-35-22-15-13-20-33(35)42(4,5)36(48)23-11-9-7-8-10-16-24-41(2,3)32-19-12-14-21-34(32)43-6/h7-16,19-23,43H,17-18,24-30H2,1-6H3,(H,44,50)(H,45,51)(H,46,52)(H,47,53)/b8-7+,11-9+,16-10+,36-23+. The van der Waals surface area contributed by atoms with E-state index in [0.29, 0.717) is 6.54 Å². The molecule has 0 radical (unpaired) electrons. The van der Waals surface area contributed by atoms with Gasteiger partial charge in [-0.3, -0.25) is 24.0 Å². The molecule has 0 bridgehead atoms. The third-order valence-electron chi connectivity index (χ3n) is 9.06. The summed E-state index contributed by atoms with van der Waals surface area (Å²) in [7, 11) is 1.96. The molecule has 290 valence electrons. The minimum Gasteiger partial charge on any atom is -0.388 e. The number of anilines is 2. The molecule has 2 aromatic rings. The van der Waals surface area contributed by atoms with Crippen LogP contribution in [0.4, 0.5) is 11.4 Å². The Morgan fingerprint density at radius 1 is 0.759 bits per heavy atom. The number of hydrogen-bond acceptors (Lipinski definition) is 8. The minimum absolute atomic E-state index is 0.00476. The van der Waals surface area contributed by atoms with E-state index in [1.165, 1.54) is 29.4 Å².